The number of allylic oxidation sites excluding steroid dienone is 4. The van der Waals surface area contributed by atoms with Crippen LogP contribution in [0.2, 0.25) is 0 Å². The van der Waals surface area contributed by atoms with E-state index in [2.05, 4.69) is 88.8 Å². The van der Waals surface area contributed by atoms with Gasteiger partial charge in [0, 0.05) is 22.1 Å². The topological polar surface area (TPSA) is 57.4 Å². The third kappa shape index (κ3) is 4.47. The minimum Gasteiger partial charge on any atom is -0.355 e. The average Bonchev–Trinajstić information content (AvgIpc) is 3.57. The van der Waals surface area contributed by atoms with Gasteiger partial charge in [0.1, 0.15) is 0 Å². The first kappa shape index (κ1) is 25.3. The van der Waals surface area contributed by atoms with Gasteiger partial charge in [0.2, 0.25) is 0 Å². The third-order valence-corrected chi connectivity index (χ3v) is 8.05. The first-order chi connectivity index (χ1) is 17.9. The third-order valence-electron chi connectivity index (χ3n) is 8.05. The second-order valence-electron chi connectivity index (χ2n) is 10.5. The van der Waals surface area contributed by atoms with Gasteiger partial charge < -0.3 is 9.97 Å². The van der Waals surface area contributed by atoms with Gasteiger partial charge in [-0.3, -0.25) is 0 Å². The minimum atomic E-state index is 0.975. The lowest BCUT2D eigenvalue weighted by molar-refractivity contribution is 0.967. The molecular formula is C33H40N4. The fraction of sp³-hybridized carbons (Fsp3) is 0.394. The monoisotopic (exact) mass is 492 g/mol. The summed E-state index contributed by atoms with van der Waals surface area (Å²) in [7, 11) is 0. The summed E-state index contributed by atoms with van der Waals surface area (Å²) in [6, 6.07) is 11.3. The molecule has 4 nitrogen and oxygen atoms in total. The molecular weight excluding hydrogens is 452 g/mol. The van der Waals surface area contributed by atoms with Crippen molar-refractivity contribution in [3.63, 3.8) is 0 Å². The zero-order valence-electron chi connectivity index (χ0n) is 23.5. The number of rotatable bonds is 6. The van der Waals surface area contributed by atoms with Gasteiger partial charge >= 0.3 is 0 Å². The van der Waals surface area contributed by atoms with Crippen molar-refractivity contribution in [2.75, 3.05) is 0 Å². The molecule has 0 saturated carbocycles. The Morgan fingerprint density at radius 2 is 1.22 bits per heavy atom. The van der Waals surface area contributed by atoms with Crippen molar-refractivity contribution in [3.05, 3.63) is 69.8 Å². The van der Waals surface area contributed by atoms with Crippen molar-refractivity contribution in [3.8, 4) is 0 Å². The van der Waals surface area contributed by atoms with Crippen molar-refractivity contribution >= 4 is 44.4 Å². The van der Waals surface area contributed by atoms with E-state index in [1.54, 1.807) is 0 Å². The number of fused-ring (bicyclic) bond motifs is 8. The van der Waals surface area contributed by atoms with Crippen LogP contribution in [-0.4, -0.2) is 19.9 Å². The average molecular weight is 493 g/mol. The quantitative estimate of drug-likeness (QED) is 0.360. The van der Waals surface area contributed by atoms with Crippen LogP contribution in [0.3, 0.4) is 0 Å². The number of aromatic nitrogens is 4. The van der Waals surface area contributed by atoms with Crippen LogP contribution in [0.4, 0.5) is 0 Å². The van der Waals surface area contributed by atoms with E-state index >= 15 is 0 Å². The molecule has 4 heteroatoms. The molecule has 0 fully saturated rings. The van der Waals surface area contributed by atoms with Crippen LogP contribution in [0.15, 0.2) is 30.3 Å². The van der Waals surface area contributed by atoms with Crippen molar-refractivity contribution in [1.82, 2.24) is 19.9 Å². The maximum Gasteiger partial charge on any atom is 0.0694 e. The molecule has 37 heavy (non-hydrogen) atoms. The van der Waals surface area contributed by atoms with Gasteiger partial charge in [-0.15, -0.1) is 0 Å². The van der Waals surface area contributed by atoms with Gasteiger partial charge in [-0.1, -0.05) is 40.5 Å². The van der Waals surface area contributed by atoms with E-state index in [9.17, 15) is 0 Å². The second kappa shape index (κ2) is 10.2. The zero-order valence-corrected chi connectivity index (χ0v) is 23.5. The summed E-state index contributed by atoms with van der Waals surface area (Å²) in [6.45, 7) is 15.6. The van der Waals surface area contributed by atoms with Crippen molar-refractivity contribution in [1.29, 1.82) is 0 Å². The molecule has 3 aromatic heterocycles. The maximum atomic E-state index is 5.20. The van der Waals surface area contributed by atoms with Crippen LogP contribution in [0, 0.1) is 6.92 Å². The molecule has 0 atom stereocenters. The highest BCUT2D eigenvalue weighted by molar-refractivity contribution is 5.95. The zero-order chi connectivity index (χ0) is 26.3. The molecule has 5 heterocycles. The fourth-order valence-corrected chi connectivity index (χ4v) is 5.90. The summed E-state index contributed by atoms with van der Waals surface area (Å²) in [6.07, 6.45) is 6.19. The maximum absolute atomic E-state index is 5.20. The predicted octanol–water partition coefficient (Wildman–Crippen LogP) is 9.21. The Balaban J connectivity index is 1.94. The number of nitrogens with one attached hydrogen (secondary N) is 2. The molecule has 3 aromatic rings. The molecule has 0 amide bonds. The van der Waals surface area contributed by atoms with Gasteiger partial charge in [0.25, 0.3) is 0 Å². The minimum absolute atomic E-state index is 0.975. The largest absolute Gasteiger partial charge is 0.355 e. The number of aryl methyl sites for hydroxylation is 3. The fourth-order valence-electron chi connectivity index (χ4n) is 5.90. The molecule has 5 rings (SSSR count). The molecule has 192 valence electrons. The van der Waals surface area contributed by atoms with Gasteiger partial charge in [0.15, 0.2) is 0 Å². The van der Waals surface area contributed by atoms with E-state index in [0.29, 0.717) is 0 Å². The van der Waals surface area contributed by atoms with Gasteiger partial charge in [-0.05, 0) is 116 Å². The molecule has 0 spiro atoms. The Labute approximate surface area is 221 Å². The van der Waals surface area contributed by atoms with E-state index in [-0.39, 0.29) is 0 Å². The van der Waals surface area contributed by atoms with E-state index in [0.717, 1.165) is 66.8 Å². The van der Waals surface area contributed by atoms with E-state index in [1.165, 1.54) is 55.5 Å². The molecule has 8 bridgehead atoms. The number of aromatic amines is 2. The molecule has 0 aromatic carbocycles. The van der Waals surface area contributed by atoms with Crippen LogP contribution in [0.25, 0.3) is 44.4 Å². The predicted molar refractivity (Wildman–Crippen MR) is 159 cm³/mol. The Kier molecular flexibility index (Phi) is 6.94. The van der Waals surface area contributed by atoms with Crippen molar-refractivity contribution in [2.24, 2.45) is 0 Å². The molecule has 0 aliphatic carbocycles. The first-order valence-electron chi connectivity index (χ1n) is 14.0. The molecule has 0 radical (unpaired) electrons. The Hall–Kier alpha value is -3.40. The highest BCUT2D eigenvalue weighted by Gasteiger charge is 2.20. The SMILES string of the molecule is CCCC1=C(C)c2cc3cc(CC)c(cc4[nH]c(cc5nc(cc1n2)C(CCC)=C5C)c(CC)c4C)[nH]3. The van der Waals surface area contributed by atoms with Crippen LogP contribution in [-0.2, 0) is 12.8 Å². The first-order valence-corrected chi connectivity index (χ1v) is 14.0. The lowest BCUT2D eigenvalue weighted by atomic mass is 9.99. The second-order valence-corrected chi connectivity index (χ2v) is 10.5. The van der Waals surface area contributed by atoms with Crippen LogP contribution in [0.5, 0.6) is 0 Å². The normalized spacial score (nSPS) is 13.7. The number of hydrogen-bond acceptors (Lipinski definition) is 2. The molecule has 2 aliphatic heterocycles. The van der Waals surface area contributed by atoms with E-state index < -0.39 is 0 Å². The lowest BCUT2D eigenvalue weighted by Gasteiger charge is -2.04. The summed E-state index contributed by atoms with van der Waals surface area (Å²) in [5.41, 5.74) is 18.1. The lowest BCUT2D eigenvalue weighted by Crippen LogP contribution is -1.87. The molecule has 2 N–H and O–H groups in total. The summed E-state index contributed by atoms with van der Waals surface area (Å²) >= 11 is 0. The Bertz CT molecular complexity index is 1590. The van der Waals surface area contributed by atoms with Crippen molar-refractivity contribution < 1.29 is 0 Å². The number of H-pyrrole nitrogens is 2. The van der Waals surface area contributed by atoms with Crippen LogP contribution >= 0.6 is 0 Å². The van der Waals surface area contributed by atoms with Crippen LogP contribution in [0.1, 0.15) is 107 Å². The highest BCUT2D eigenvalue weighted by atomic mass is 14.8. The molecule has 0 unspecified atom stereocenters. The van der Waals surface area contributed by atoms with Gasteiger partial charge in [-0.2, -0.15) is 0 Å². The number of hydrogen-bond donors (Lipinski definition) is 2. The van der Waals surface area contributed by atoms with E-state index in [1.807, 2.05) is 0 Å². The van der Waals surface area contributed by atoms with E-state index in [4.69, 9.17) is 9.97 Å². The molecule has 0 saturated heterocycles. The molecule has 2 aliphatic rings. The van der Waals surface area contributed by atoms with Crippen molar-refractivity contribution in [2.45, 2.75) is 87.0 Å². The Morgan fingerprint density at radius 1 is 0.595 bits per heavy atom. The summed E-state index contributed by atoms with van der Waals surface area (Å²) in [5, 5.41) is 0. The summed E-state index contributed by atoms with van der Waals surface area (Å²) < 4.78 is 0. The van der Waals surface area contributed by atoms with Gasteiger partial charge in [-0.25, -0.2) is 9.97 Å². The summed E-state index contributed by atoms with van der Waals surface area (Å²) in [5.74, 6) is 0. The Morgan fingerprint density at radius 3 is 1.78 bits per heavy atom. The summed E-state index contributed by atoms with van der Waals surface area (Å²) in [4.78, 5) is 17.8. The van der Waals surface area contributed by atoms with Crippen LogP contribution < -0.4 is 0 Å². The van der Waals surface area contributed by atoms with Gasteiger partial charge in [0.05, 0.1) is 22.8 Å². The number of nitrogens with zero attached hydrogens (tertiary/aromatic N) is 2. The standard InChI is InChI=1S/C33H40N4/c1-8-12-25-20(6)27-15-23-14-22(10-3)30(34-23)16-28-19(5)24(11-4)31(36-28)17-29-21(7)26(13-9-2)33(37-29)18-32(25)35-27/h14-18,34,36H,8-13H2,1-7H3. The highest BCUT2D eigenvalue weighted by Crippen LogP contribution is 2.37. The smallest absolute Gasteiger partial charge is 0.0694 e.